The Kier molecular flexibility index (Phi) is 7.97. The lowest BCUT2D eigenvalue weighted by Gasteiger charge is -2.33. The molecule has 0 spiro atoms. The lowest BCUT2D eigenvalue weighted by molar-refractivity contribution is 0.0952. The van der Waals surface area contributed by atoms with Crippen molar-refractivity contribution in [3.63, 3.8) is 0 Å². The van der Waals surface area contributed by atoms with Gasteiger partial charge in [-0.25, -0.2) is 0 Å². The minimum atomic E-state index is 0.0393. The number of anilines is 1. The van der Waals surface area contributed by atoms with Crippen LogP contribution in [0, 0.1) is 0 Å². The van der Waals surface area contributed by atoms with Crippen LogP contribution in [0.2, 0.25) is 0 Å². The van der Waals surface area contributed by atoms with E-state index in [1.165, 1.54) is 5.00 Å². The van der Waals surface area contributed by atoms with Gasteiger partial charge in [0, 0.05) is 51.4 Å². The van der Waals surface area contributed by atoms with Gasteiger partial charge in [0.2, 0.25) is 0 Å². The van der Waals surface area contributed by atoms with Crippen LogP contribution >= 0.6 is 11.3 Å². The molecule has 0 radical (unpaired) electrons. The van der Waals surface area contributed by atoms with Gasteiger partial charge in [0.15, 0.2) is 0 Å². The molecule has 3 heterocycles. The summed E-state index contributed by atoms with van der Waals surface area (Å²) >= 11 is 1.60. The maximum absolute atomic E-state index is 12.9. The van der Waals surface area contributed by atoms with E-state index in [9.17, 15) is 4.79 Å². The summed E-state index contributed by atoms with van der Waals surface area (Å²) in [5.41, 5.74) is 2.30. The van der Waals surface area contributed by atoms with E-state index in [1.54, 1.807) is 11.3 Å². The lowest BCUT2D eigenvalue weighted by atomic mass is 10.1. The fourth-order valence-corrected chi connectivity index (χ4v) is 5.39. The Balaban J connectivity index is 1.35. The predicted octanol–water partition coefficient (Wildman–Crippen LogP) is 3.01. The molecule has 1 aromatic carbocycles. The van der Waals surface area contributed by atoms with Crippen molar-refractivity contribution in [2.24, 2.45) is 0 Å². The largest absolute Gasteiger partial charge is 0.378 e. The van der Waals surface area contributed by atoms with E-state index < -0.39 is 0 Å². The normalized spacial score (nSPS) is 18.3. The summed E-state index contributed by atoms with van der Waals surface area (Å²) in [6.45, 7) is 12.9. The Morgan fingerprint density at radius 1 is 1.03 bits per heavy atom. The van der Waals surface area contributed by atoms with Gasteiger partial charge in [0.05, 0.1) is 23.1 Å². The van der Waals surface area contributed by atoms with Crippen molar-refractivity contribution in [1.29, 1.82) is 0 Å². The summed E-state index contributed by atoms with van der Waals surface area (Å²) in [4.78, 5) is 21.0. The molecule has 7 heteroatoms. The number of ether oxygens (including phenoxy) is 1. The first-order valence-corrected chi connectivity index (χ1v) is 12.3. The Morgan fingerprint density at radius 3 is 2.45 bits per heavy atom. The van der Waals surface area contributed by atoms with Crippen LogP contribution in [0.25, 0.3) is 11.1 Å². The van der Waals surface area contributed by atoms with Gasteiger partial charge in [-0.15, -0.1) is 11.3 Å². The number of rotatable bonds is 8. The number of carbonyl (C=O) groups is 1. The number of thiophene rings is 1. The Labute approximate surface area is 189 Å². The molecule has 31 heavy (non-hydrogen) atoms. The minimum Gasteiger partial charge on any atom is -0.378 e. The monoisotopic (exact) mass is 442 g/mol. The van der Waals surface area contributed by atoms with Crippen LogP contribution in [-0.2, 0) is 4.74 Å². The van der Waals surface area contributed by atoms with Crippen LogP contribution in [0.5, 0.6) is 0 Å². The van der Waals surface area contributed by atoms with Crippen molar-refractivity contribution in [2.45, 2.75) is 13.3 Å². The topological polar surface area (TPSA) is 48.0 Å². The molecule has 2 aliphatic rings. The van der Waals surface area contributed by atoms with Gasteiger partial charge >= 0.3 is 0 Å². The highest BCUT2D eigenvalue weighted by molar-refractivity contribution is 7.18. The predicted molar refractivity (Wildman–Crippen MR) is 128 cm³/mol. The molecule has 2 aliphatic heterocycles. The second kappa shape index (κ2) is 11.1. The Bertz CT molecular complexity index is 827. The van der Waals surface area contributed by atoms with E-state index in [-0.39, 0.29) is 5.91 Å². The number of hydrogen-bond acceptors (Lipinski definition) is 6. The quantitative estimate of drug-likeness (QED) is 0.637. The third kappa shape index (κ3) is 5.86. The van der Waals surface area contributed by atoms with Crippen molar-refractivity contribution in [3.05, 3.63) is 41.3 Å². The Hall–Kier alpha value is -1.93. The SMILES string of the molecule is CCN1CCN(CCCNC(=O)c2cc(-c3ccccc3)c(N3CCOCC3)s2)CC1. The van der Waals surface area contributed by atoms with Crippen LogP contribution in [0.15, 0.2) is 36.4 Å². The maximum Gasteiger partial charge on any atom is 0.261 e. The number of amides is 1. The molecule has 1 N–H and O–H groups in total. The molecule has 2 saturated heterocycles. The molecule has 6 nitrogen and oxygen atoms in total. The van der Waals surface area contributed by atoms with Gasteiger partial charge < -0.3 is 24.8 Å². The van der Waals surface area contributed by atoms with Crippen molar-refractivity contribution in [1.82, 2.24) is 15.1 Å². The number of nitrogens with one attached hydrogen (secondary N) is 1. The van der Waals surface area contributed by atoms with Gasteiger partial charge in [-0.1, -0.05) is 37.3 Å². The first kappa shape index (κ1) is 22.3. The van der Waals surface area contributed by atoms with Crippen LogP contribution in [0.4, 0.5) is 5.00 Å². The summed E-state index contributed by atoms with van der Waals surface area (Å²) in [6.07, 6.45) is 0.991. The van der Waals surface area contributed by atoms with Gasteiger partial charge in [-0.05, 0) is 31.1 Å². The standard InChI is InChI=1S/C24H34N4O2S/c1-2-26-11-13-27(14-12-26)10-6-9-25-23(29)22-19-21(20-7-4-3-5-8-20)24(31-22)28-15-17-30-18-16-28/h3-5,7-8,19H,2,6,9-18H2,1H3,(H,25,29). The van der Waals surface area contributed by atoms with E-state index in [0.29, 0.717) is 0 Å². The van der Waals surface area contributed by atoms with E-state index in [2.05, 4.69) is 57.3 Å². The molecule has 0 aliphatic carbocycles. The number of carbonyl (C=O) groups excluding carboxylic acids is 1. The van der Waals surface area contributed by atoms with Crippen molar-refractivity contribution >= 4 is 22.2 Å². The summed E-state index contributed by atoms with van der Waals surface area (Å²) in [5, 5.41) is 4.32. The Morgan fingerprint density at radius 2 is 1.74 bits per heavy atom. The number of nitrogens with zero attached hydrogens (tertiary/aromatic N) is 3. The van der Waals surface area contributed by atoms with E-state index in [4.69, 9.17) is 4.74 Å². The van der Waals surface area contributed by atoms with Crippen LogP contribution in [0.1, 0.15) is 23.0 Å². The molecular formula is C24H34N4O2S. The molecule has 1 amide bonds. The molecule has 1 aromatic heterocycles. The smallest absolute Gasteiger partial charge is 0.261 e. The van der Waals surface area contributed by atoms with Crippen LogP contribution in [0.3, 0.4) is 0 Å². The maximum atomic E-state index is 12.9. The molecular weight excluding hydrogens is 408 g/mol. The number of morpholine rings is 1. The summed E-state index contributed by atoms with van der Waals surface area (Å²) in [5.74, 6) is 0.0393. The zero-order chi connectivity index (χ0) is 21.5. The third-order valence-corrected chi connectivity index (χ3v) is 7.36. The third-order valence-electron chi connectivity index (χ3n) is 6.17. The van der Waals surface area contributed by atoms with Crippen LogP contribution in [-0.4, -0.2) is 87.8 Å². The van der Waals surface area contributed by atoms with Crippen molar-refractivity contribution < 1.29 is 9.53 Å². The van der Waals surface area contributed by atoms with Crippen LogP contribution < -0.4 is 10.2 Å². The highest BCUT2D eigenvalue weighted by Gasteiger charge is 2.22. The first-order valence-electron chi connectivity index (χ1n) is 11.5. The molecule has 0 saturated carbocycles. The average molecular weight is 443 g/mol. The van der Waals surface area contributed by atoms with E-state index in [1.807, 2.05) is 6.07 Å². The summed E-state index contributed by atoms with van der Waals surface area (Å²) in [6, 6.07) is 12.4. The zero-order valence-electron chi connectivity index (χ0n) is 18.5. The second-order valence-corrected chi connectivity index (χ2v) is 9.21. The summed E-state index contributed by atoms with van der Waals surface area (Å²) < 4.78 is 5.53. The highest BCUT2D eigenvalue weighted by Crippen LogP contribution is 2.39. The van der Waals surface area contributed by atoms with Gasteiger partial charge in [0.1, 0.15) is 0 Å². The molecule has 2 aromatic rings. The first-order chi connectivity index (χ1) is 15.2. The molecule has 4 rings (SSSR count). The fourth-order valence-electron chi connectivity index (χ4n) is 4.24. The number of hydrogen-bond donors (Lipinski definition) is 1. The van der Waals surface area contributed by atoms with Gasteiger partial charge in [-0.3, -0.25) is 4.79 Å². The molecule has 2 fully saturated rings. The zero-order valence-corrected chi connectivity index (χ0v) is 19.3. The van der Waals surface area contributed by atoms with Gasteiger partial charge in [-0.2, -0.15) is 0 Å². The minimum absolute atomic E-state index is 0.0393. The molecule has 0 atom stereocenters. The average Bonchev–Trinajstić information content (AvgIpc) is 3.29. The fraction of sp³-hybridized carbons (Fsp3) is 0.542. The lowest BCUT2D eigenvalue weighted by Crippen LogP contribution is -2.46. The van der Waals surface area contributed by atoms with E-state index in [0.717, 1.165) is 94.5 Å². The number of piperazine rings is 1. The molecule has 0 unspecified atom stereocenters. The highest BCUT2D eigenvalue weighted by atomic mass is 32.1. The number of likely N-dealkylation sites (N-methyl/N-ethyl adjacent to an activating group) is 1. The molecule has 0 bridgehead atoms. The second-order valence-electron chi connectivity index (χ2n) is 8.18. The van der Waals surface area contributed by atoms with E-state index >= 15 is 0 Å². The van der Waals surface area contributed by atoms with Gasteiger partial charge in [0.25, 0.3) is 5.91 Å². The van der Waals surface area contributed by atoms with Crippen molar-refractivity contribution in [3.8, 4) is 11.1 Å². The number of benzene rings is 1. The van der Waals surface area contributed by atoms with Crippen molar-refractivity contribution in [2.75, 3.05) is 77.0 Å². The molecule has 168 valence electrons. The summed E-state index contributed by atoms with van der Waals surface area (Å²) in [7, 11) is 0.